The number of imidazole rings is 1. The van der Waals surface area contributed by atoms with Gasteiger partial charge in [0.25, 0.3) is 5.91 Å². The normalized spacial score (nSPS) is 13.0. The van der Waals surface area contributed by atoms with Crippen molar-refractivity contribution in [2.24, 2.45) is 0 Å². The maximum Gasteiger partial charge on any atom is 0.358 e. The van der Waals surface area contributed by atoms with Gasteiger partial charge in [-0.25, -0.2) is 34.7 Å². The van der Waals surface area contributed by atoms with Crippen molar-refractivity contribution in [2.45, 2.75) is 13.8 Å². The van der Waals surface area contributed by atoms with Crippen LogP contribution in [0.5, 0.6) is 0 Å². The molecular formula is C23H25ClN10O3. The number of ether oxygens (including phenoxy) is 1. The molecule has 0 atom stereocenters. The molecule has 1 amide bonds. The third kappa shape index (κ3) is 6.51. The maximum absolute atomic E-state index is 12.5. The van der Waals surface area contributed by atoms with E-state index in [1.54, 1.807) is 12.4 Å². The summed E-state index contributed by atoms with van der Waals surface area (Å²) in [6, 6.07) is 0. The summed E-state index contributed by atoms with van der Waals surface area (Å²) in [5.41, 5.74) is 2.83. The number of piperazine rings is 1. The summed E-state index contributed by atoms with van der Waals surface area (Å²) < 4.78 is 6.25. The van der Waals surface area contributed by atoms with Gasteiger partial charge in [0.1, 0.15) is 22.5 Å². The first-order chi connectivity index (χ1) is 17.8. The van der Waals surface area contributed by atoms with E-state index < -0.39 is 5.97 Å². The van der Waals surface area contributed by atoms with Crippen LogP contribution in [0.1, 0.15) is 32.4 Å². The van der Waals surface area contributed by atoms with Gasteiger partial charge in [-0.05, 0) is 13.8 Å². The van der Waals surface area contributed by atoms with Crippen molar-refractivity contribution < 1.29 is 14.3 Å². The van der Waals surface area contributed by atoms with Gasteiger partial charge in [-0.15, -0.1) is 0 Å². The zero-order chi connectivity index (χ0) is 26.4. The van der Waals surface area contributed by atoms with Gasteiger partial charge in [-0.3, -0.25) is 4.79 Å². The number of carbonyl (C=O) groups excluding carboxylic acids is 2. The Hall–Kier alpha value is -4.23. The standard InChI is InChI=1S/C17H20N8O.C6H5ClN2O2/c1-11-9-25-10-14(22-12(2)16(25)21-11)23-17(26)13-7-20-15(8-19-13)24-5-3-18-4-6-24;1-11-6(10)4-2-9-5(7)3-8-4/h7-10,18H,3-6H2,1-2H3,(H,23,26);2-3H,1H3. The SMILES string of the molecule is COC(=O)c1cnc(Cl)cn1.Cc1cn2cc(NC(=O)c3cnc(N4CCNCC4)cn3)nc(C)c2n1. The number of fused-ring (bicyclic) bond motifs is 1. The molecule has 4 aromatic heterocycles. The summed E-state index contributed by atoms with van der Waals surface area (Å²) in [5, 5.41) is 6.32. The van der Waals surface area contributed by atoms with Crippen molar-refractivity contribution >= 4 is 40.8 Å². The van der Waals surface area contributed by atoms with E-state index in [2.05, 4.69) is 50.2 Å². The van der Waals surface area contributed by atoms with E-state index in [4.69, 9.17) is 11.6 Å². The van der Waals surface area contributed by atoms with Crippen molar-refractivity contribution in [3.63, 3.8) is 0 Å². The second-order valence-corrected chi connectivity index (χ2v) is 8.38. The average Bonchev–Trinajstić information content (AvgIpc) is 3.30. The second-order valence-electron chi connectivity index (χ2n) is 7.99. The lowest BCUT2D eigenvalue weighted by atomic mass is 10.3. The number of hydrogen-bond donors (Lipinski definition) is 2. The van der Waals surface area contributed by atoms with E-state index in [9.17, 15) is 9.59 Å². The van der Waals surface area contributed by atoms with Gasteiger partial charge >= 0.3 is 5.97 Å². The molecule has 1 saturated heterocycles. The molecule has 4 aromatic rings. The smallest absolute Gasteiger partial charge is 0.358 e. The van der Waals surface area contributed by atoms with Crippen LogP contribution in [0.3, 0.4) is 0 Å². The zero-order valence-corrected chi connectivity index (χ0v) is 21.2. The number of nitrogens with zero attached hydrogens (tertiary/aromatic N) is 8. The van der Waals surface area contributed by atoms with Gasteiger partial charge in [-0.1, -0.05) is 11.6 Å². The Morgan fingerprint density at radius 3 is 2.35 bits per heavy atom. The molecule has 0 unspecified atom stereocenters. The molecule has 13 nitrogen and oxygen atoms in total. The third-order valence-corrected chi connectivity index (χ3v) is 5.49. The number of esters is 1. The van der Waals surface area contributed by atoms with Crippen LogP contribution in [0.2, 0.25) is 5.15 Å². The minimum Gasteiger partial charge on any atom is -0.464 e. The maximum atomic E-state index is 12.5. The molecule has 0 bridgehead atoms. The van der Waals surface area contributed by atoms with Crippen molar-refractivity contribution in [3.8, 4) is 0 Å². The van der Waals surface area contributed by atoms with E-state index in [1.165, 1.54) is 25.7 Å². The summed E-state index contributed by atoms with van der Waals surface area (Å²) in [5.74, 6) is 0.374. The number of rotatable bonds is 4. The largest absolute Gasteiger partial charge is 0.464 e. The molecule has 0 aliphatic carbocycles. The third-order valence-electron chi connectivity index (χ3n) is 5.29. The number of anilines is 2. The molecule has 1 fully saturated rings. The summed E-state index contributed by atoms with van der Waals surface area (Å²) >= 11 is 5.43. The molecule has 1 aliphatic heterocycles. The molecule has 2 N–H and O–H groups in total. The van der Waals surface area contributed by atoms with Crippen LogP contribution in [-0.2, 0) is 4.74 Å². The Kier molecular flexibility index (Phi) is 8.15. The fraction of sp³-hybridized carbons (Fsp3) is 0.304. The molecule has 5 heterocycles. The van der Waals surface area contributed by atoms with Crippen LogP contribution < -0.4 is 15.5 Å². The van der Waals surface area contributed by atoms with Crippen molar-refractivity contribution in [1.82, 2.24) is 39.6 Å². The van der Waals surface area contributed by atoms with Gasteiger partial charge in [0.15, 0.2) is 11.3 Å². The summed E-state index contributed by atoms with van der Waals surface area (Å²) in [6.45, 7) is 7.39. The molecular weight excluding hydrogens is 500 g/mol. The van der Waals surface area contributed by atoms with Crippen molar-refractivity contribution in [1.29, 1.82) is 0 Å². The van der Waals surface area contributed by atoms with Crippen molar-refractivity contribution in [2.75, 3.05) is 43.5 Å². The Balaban J connectivity index is 0.000000245. The van der Waals surface area contributed by atoms with Gasteiger partial charge in [0.2, 0.25) is 0 Å². The first kappa shape index (κ1) is 25.9. The molecule has 0 aromatic carbocycles. The molecule has 14 heteroatoms. The number of aromatic nitrogens is 7. The Labute approximate surface area is 217 Å². The lowest BCUT2D eigenvalue weighted by Gasteiger charge is -2.27. The quantitative estimate of drug-likeness (QED) is 0.375. The van der Waals surface area contributed by atoms with Crippen LogP contribution in [0.4, 0.5) is 11.6 Å². The van der Waals surface area contributed by atoms with Gasteiger partial charge in [0.05, 0.1) is 49.5 Å². The number of halogens is 1. The summed E-state index contributed by atoms with van der Waals surface area (Å²) in [4.78, 5) is 50.1. The number of carbonyl (C=O) groups is 2. The number of aryl methyl sites for hydroxylation is 2. The number of methoxy groups -OCH3 is 1. The lowest BCUT2D eigenvalue weighted by Crippen LogP contribution is -2.44. The van der Waals surface area contributed by atoms with Crippen molar-refractivity contribution in [3.05, 3.63) is 65.1 Å². The molecule has 5 rings (SSSR count). The number of hydrogen-bond acceptors (Lipinski definition) is 11. The predicted octanol–water partition coefficient (Wildman–Crippen LogP) is 1.71. The Morgan fingerprint density at radius 1 is 0.973 bits per heavy atom. The van der Waals surface area contributed by atoms with E-state index in [-0.39, 0.29) is 22.4 Å². The van der Waals surface area contributed by atoms with Crippen LogP contribution in [0.15, 0.2) is 37.2 Å². The monoisotopic (exact) mass is 524 g/mol. The average molecular weight is 525 g/mol. The van der Waals surface area contributed by atoms with E-state index in [0.29, 0.717) is 5.82 Å². The second kappa shape index (κ2) is 11.7. The first-order valence-corrected chi connectivity index (χ1v) is 11.7. The van der Waals surface area contributed by atoms with Gasteiger partial charge < -0.3 is 24.7 Å². The molecule has 0 radical (unpaired) electrons. The van der Waals surface area contributed by atoms with E-state index in [0.717, 1.165) is 49.0 Å². The predicted molar refractivity (Wildman–Crippen MR) is 136 cm³/mol. The minimum atomic E-state index is -0.519. The fourth-order valence-corrected chi connectivity index (χ4v) is 3.63. The highest BCUT2D eigenvalue weighted by Gasteiger charge is 2.15. The lowest BCUT2D eigenvalue weighted by molar-refractivity contribution is 0.0593. The fourth-order valence-electron chi connectivity index (χ4n) is 3.53. The van der Waals surface area contributed by atoms with Gasteiger partial charge in [-0.2, -0.15) is 0 Å². The Morgan fingerprint density at radius 2 is 1.70 bits per heavy atom. The zero-order valence-electron chi connectivity index (χ0n) is 20.5. The topological polar surface area (TPSA) is 152 Å². The highest BCUT2D eigenvalue weighted by Crippen LogP contribution is 2.14. The Bertz CT molecular complexity index is 1390. The van der Waals surface area contributed by atoms with Crippen LogP contribution in [-0.4, -0.2) is 79.5 Å². The summed E-state index contributed by atoms with van der Waals surface area (Å²) in [6.07, 6.45) is 9.31. The number of nitrogens with one attached hydrogen (secondary N) is 2. The minimum absolute atomic E-state index is 0.150. The van der Waals surface area contributed by atoms with Gasteiger partial charge in [0, 0.05) is 32.4 Å². The first-order valence-electron chi connectivity index (χ1n) is 11.3. The number of amides is 1. The van der Waals surface area contributed by atoms with Crippen LogP contribution in [0.25, 0.3) is 5.65 Å². The van der Waals surface area contributed by atoms with E-state index in [1.807, 2.05) is 24.4 Å². The van der Waals surface area contributed by atoms with Crippen LogP contribution >= 0.6 is 11.6 Å². The highest BCUT2D eigenvalue weighted by atomic mass is 35.5. The van der Waals surface area contributed by atoms with E-state index >= 15 is 0 Å². The molecule has 1 aliphatic rings. The van der Waals surface area contributed by atoms with Crippen LogP contribution in [0, 0.1) is 13.8 Å². The molecule has 0 spiro atoms. The summed E-state index contributed by atoms with van der Waals surface area (Å²) in [7, 11) is 1.28. The highest BCUT2D eigenvalue weighted by molar-refractivity contribution is 6.29. The molecule has 37 heavy (non-hydrogen) atoms. The molecule has 0 saturated carbocycles. The molecule has 192 valence electrons.